The second-order valence-electron chi connectivity index (χ2n) is 12.5. The van der Waals surface area contributed by atoms with E-state index >= 15 is 0 Å². The van der Waals surface area contributed by atoms with Crippen LogP contribution in [0.15, 0.2) is 53.3 Å². The second kappa shape index (κ2) is 14.8. The van der Waals surface area contributed by atoms with E-state index in [1.165, 1.54) is 13.4 Å². The Bertz CT molecular complexity index is 2030. The molecular formula is C30H37BrClN8O9PS. The van der Waals surface area contributed by atoms with Gasteiger partial charge in [0.2, 0.25) is 16.0 Å². The van der Waals surface area contributed by atoms with Gasteiger partial charge in [0, 0.05) is 28.0 Å². The van der Waals surface area contributed by atoms with E-state index in [0.717, 1.165) is 15.7 Å². The summed E-state index contributed by atoms with van der Waals surface area (Å²) in [5, 5.41) is 15.7. The van der Waals surface area contributed by atoms with Crippen molar-refractivity contribution in [2.45, 2.75) is 62.9 Å². The number of halogens is 2. The van der Waals surface area contributed by atoms with Gasteiger partial charge in [0.25, 0.3) is 0 Å². The van der Waals surface area contributed by atoms with Gasteiger partial charge >= 0.3 is 13.7 Å². The summed E-state index contributed by atoms with van der Waals surface area (Å²) in [7, 11) is -6.49. The zero-order valence-corrected chi connectivity index (χ0v) is 31.7. The number of hydrogen-bond donors (Lipinski definition) is 4. The molecule has 6 rings (SSSR count). The molecule has 1 aliphatic heterocycles. The molecule has 2 fully saturated rings. The van der Waals surface area contributed by atoms with Crippen LogP contribution in [0.3, 0.4) is 0 Å². The number of allylic oxidation sites excluding steroid dienone is 2. The van der Waals surface area contributed by atoms with Crippen molar-refractivity contribution in [1.29, 1.82) is 0 Å². The molecular weight excluding hydrogens is 795 g/mol. The van der Waals surface area contributed by atoms with Crippen molar-refractivity contribution in [3.8, 4) is 0 Å². The van der Waals surface area contributed by atoms with Gasteiger partial charge in [0.1, 0.15) is 24.5 Å². The van der Waals surface area contributed by atoms with Gasteiger partial charge in [-0.05, 0) is 31.4 Å². The van der Waals surface area contributed by atoms with Gasteiger partial charge in [-0.2, -0.15) is 9.97 Å². The molecule has 21 heteroatoms. The lowest BCUT2D eigenvalue weighted by Gasteiger charge is -2.28. The van der Waals surface area contributed by atoms with E-state index in [4.69, 9.17) is 35.9 Å². The van der Waals surface area contributed by atoms with Gasteiger partial charge in [0.05, 0.1) is 31.4 Å². The molecule has 2 aliphatic carbocycles. The van der Waals surface area contributed by atoms with Crippen LogP contribution < -0.4 is 20.7 Å². The Morgan fingerprint density at radius 1 is 1.31 bits per heavy atom. The number of nitrogens with zero attached hydrogens (tertiary/aromatic N) is 5. The lowest BCUT2D eigenvalue weighted by molar-refractivity contribution is -0.148. The summed E-state index contributed by atoms with van der Waals surface area (Å²) < 4.78 is 64.2. The standard InChI is InChI=1S/C30H37BrClN8O9PS/c1-17-24(41)22(48-27(17)40-16-34-23-25(35-29(33)36-26(23)40)39(2)38-51(3,44)45)15-47-50(43,49-20-10-8-19(31)9-11-20)37-30(12-13-30)28(42)46-14-18-6-4-5-7-21(18)32/h4-10,16-17,20,22,24,27,38,41H,11-15H2,1-3H3,(H,37,43)(H2,33,35,36)/t17?,20?,22?,24-,27?,50?/m0/s1. The number of fused-ring (bicyclic) bond motifs is 1. The summed E-state index contributed by atoms with van der Waals surface area (Å²) in [6, 6.07) is 6.97. The predicted molar refractivity (Wildman–Crippen MR) is 191 cm³/mol. The van der Waals surface area contributed by atoms with Gasteiger partial charge in [0.15, 0.2) is 17.0 Å². The fraction of sp³-hybridized carbons (Fsp3) is 0.467. The number of ether oxygens (including phenoxy) is 2. The number of imidazole rings is 1. The number of carbonyl (C=O) groups excluding carboxylic acids is 1. The first-order valence-corrected chi connectivity index (χ1v) is 20.4. The van der Waals surface area contributed by atoms with Crippen molar-refractivity contribution in [3.63, 3.8) is 0 Å². The van der Waals surface area contributed by atoms with Crippen molar-refractivity contribution in [2.24, 2.45) is 5.92 Å². The second-order valence-corrected chi connectivity index (χ2v) is 17.3. The van der Waals surface area contributed by atoms with Gasteiger partial charge in [-0.15, -0.1) is 4.83 Å². The number of aliphatic hydroxyl groups excluding tert-OH is 1. The molecule has 3 aromatic rings. The number of nitrogens with two attached hydrogens (primary N) is 1. The Morgan fingerprint density at radius 3 is 2.73 bits per heavy atom. The van der Waals surface area contributed by atoms with E-state index in [1.54, 1.807) is 47.9 Å². The fourth-order valence-electron chi connectivity index (χ4n) is 5.71. The minimum absolute atomic E-state index is 0.0784. The fourth-order valence-corrected chi connectivity index (χ4v) is 8.70. The lowest BCUT2D eigenvalue weighted by Crippen LogP contribution is -2.40. The van der Waals surface area contributed by atoms with Crippen LogP contribution in [0.5, 0.6) is 0 Å². The lowest BCUT2D eigenvalue weighted by atomic mass is 10.0. The van der Waals surface area contributed by atoms with Crippen LogP contribution in [-0.2, 0) is 44.5 Å². The molecule has 1 saturated carbocycles. The van der Waals surface area contributed by atoms with Crippen LogP contribution in [-0.4, -0.2) is 82.8 Å². The van der Waals surface area contributed by atoms with E-state index in [9.17, 15) is 22.9 Å². The van der Waals surface area contributed by atoms with Crippen LogP contribution in [0.1, 0.15) is 38.0 Å². The summed E-state index contributed by atoms with van der Waals surface area (Å²) in [6.45, 7) is 1.28. The Kier molecular flexibility index (Phi) is 11.0. The summed E-state index contributed by atoms with van der Waals surface area (Å²) in [4.78, 5) is 28.4. The molecule has 0 spiro atoms. The average molecular weight is 832 g/mol. The van der Waals surface area contributed by atoms with Crippen molar-refractivity contribution in [2.75, 3.05) is 30.7 Å². The molecule has 51 heavy (non-hydrogen) atoms. The summed E-state index contributed by atoms with van der Waals surface area (Å²) in [6.07, 6.45) is 5.14. The maximum atomic E-state index is 14.4. The van der Waals surface area contributed by atoms with Crippen molar-refractivity contribution in [3.05, 3.63) is 63.9 Å². The number of esters is 1. The molecule has 17 nitrogen and oxygen atoms in total. The minimum atomic E-state index is -4.27. The Labute approximate surface area is 307 Å². The molecule has 276 valence electrons. The summed E-state index contributed by atoms with van der Waals surface area (Å²) in [5.41, 5.74) is 5.71. The molecule has 0 amide bonds. The number of hydrogen-bond acceptors (Lipinski definition) is 14. The number of sulfonamides is 1. The highest BCUT2D eigenvalue weighted by molar-refractivity contribution is 9.11. The number of aromatic nitrogens is 4. The van der Waals surface area contributed by atoms with Crippen LogP contribution in [0.2, 0.25) is 5.02 Å². The topological polar surface area (TPSA) is 222 Å². The van der Waals surface area contributed by atoms with Crippen LogP contribution in [0.4, 0.5) is 11.8 Å². The molecule has 0 radical (unpaired) electrons. The first-order chi connectivity index (χ1) is 24.1. The highest BCUT2D eigenvalue weighted by Crippen LogP contribution is 2.54. The van der Waals surface area contributed by atoms with E-state index in [2.05, 4.69) is 40.8 Å². The normalized spacial score (nSPS) is 25.4. The number of nitrogens with one attached hydrogen (secondary N) is 2. The van der Waals surface area contributed by atoms with E-state index in [-0.39, 0.29) is 36.1 Å². The molecule has 1 aromatic carbocycles. The SMILES string of the molecule is CC1C(n2cnc3c(N(C)NS(C)(=O)=O)nc(N)nc32)OC(COP(=O)(NC2(C(=O)OCc3ccccc3Cl)CC2)OC2C=CC(Br)=CC2)[C@H]1O. The quantitative estimate of drug-likeness (QED) is 0.104. The number of benzene rings is 1. The third-order valence-corrected chi connectivity index (χ3v) is 11.8. The Hall–Kier alpha value is -2.97. The summed E-state index contributed by atoms with van der Waals surface area (Å²) in [5.74, 6) is -1.26. The summed E-state index contributed by atoms with van der Waals surface area (Å²) >= 11 is 9.63. The monoisotopic (exact) mass is 830 g/mol. The Balaban J connectivity index is 1.19. The number of nitrogen functional groups attached to an aromatic ring is 1. The Morgan fingerprint density at radius 2 is 2.06 bits per heavy atom. The molecule has 1 saturated heterocycles. The number of rotatable bonds is 14. The van der Waals surface area contributed by atoms with E-state index in [1.807, 2.05) is 6.08 Å². The van der Waals surface area contributed by atoms with E-state index in [0.29, 0.717) is 29.8 Å². The predicted octanol–water partition coefficient (Wildman–Crippen LogP) is 3.47. The van der Waals surface area contributed by atoms with Crippen molar-refractivity contribution < 1.29 is 41.4 Å². The van der Waals surface area contributed by atoms with Gasteiger partial charge in [-0.25, -0.2) is 23.1 Å². The third-order valence-electron chi connectivity index (χ3n) is 8.51. The number of anilines is 2. The van der Waals surface area contributed by atoms with Crippen LogP contribution in [0, 0.1) is 5.92 Å². The van der Waals surface area contributed by atoms with Gasteiger partial charge < -0.3 is 20.3 Å². The van der Waals surface area contributed by atoms with Crippen LogP contribution >= 0.6 is 35.3 Å². The zero-order valence-electron chi connectivity index (χ0n) is 27.7. The van der Waals surface area contributed by atoms with Crippen molar-refractivity contribution in [1.82, 2.24) is 29.4 Å². The molecule has 6 atom stereocenters. The third kappa shape index (κ3) is 8.64. The maximum absolute atomic E-state index is 14.4. The van der Waals surface area contributed by atoms with Crippen molar-refractivity contribution >= 4 is 74.2 Å². The number of aliphatic hydroxyl groups is 1. The first kappa shape index (κ1) is 37.8. The minimum Gasteiger partial charge on any atom is -0.459 e. The van der Waals surface area contributed by atoms with Gasteiger partial charge in [-0.1, -0.05) is 64.8 Å². The van der Waals surface area contributed by atoms with Crippen LogP contribution in [0.25, 0.3) is 11.2 Å². The molecule has 5 unspecified atom stereocenters. The molecule has 3 aliphatic rings. The first-order valence-electron chi connectivity index (χ1n) is 15.8. The zero-order chi connectivity index (χ0) is 36.7. The highest BCUT2D eigenvalue weighted by atomic mass is 79.9. The average Bonchev–Trinajstić information content (AvgIpc) is 3.64. The smallest absolute Gasteiger partial charge is 0.407 e. The number of hydrazine groups is 1. The maximum Gasteiger partial charge on any atom is 0.407 e. The molecule has 5 N–H and O–H groups in total. The molecule has 2 aromatic heterocycles. The van der Waals surface area contributed by atoms with Gasteiger partial charge in [-0.3, -0.25) is 23.4 Å². The molecule has 0 bridgehead atoms. The largest absolute Gasteiger partial charge is 0.459 e. The highest BCUT2D eigenvalue weighted by Gasteiger charge is 2.57. The van der Waals surface area contributed by atoms with E-state index < -0.39 is 59.7 Å². The number of carbonyl (C=O) groups is 1. The molecule has 3 heterocycles.